The number of benzene rings is 2. The number of carbonyl (C=O) groups excluding carboxylic acids is 1. The van der Waals surface area contributed by atoms with Gasteiger partial charge in [0.1, 0.15) is 17.2 Å². The van der Waals surface area contributed by atoms with Crippen molar-refractivity contribution in [2.45, 2.75) is 6.36 Å². The summed E-state index contributed by atoms with van der Waals surface area (Å²) in [6, 6.07) is 12.1. The van der Waals surface area contributed by atoms with Gasteiger partial charge in [-0.1, -0.05) is 12.1 Å². The summed E-state index contributed by atoms with van der Waals surface area (Å²) >= 11 is 1.18. The van der Waals surface area contributed by atoms with Gasteiger partial charge in [0.2, 0.25) is 0 Å². The van der Waals surface area contributed by atoms with E-state index in [1.807, 2.05) is 0 Å². The van der Waals surface area contributed by atoms with E-state index >= 15 is 0 Å². The van der Waals surface area contributed by atoms with E-state index in [0.717, 1.165) is 0 Å². The van der Waals surface area contributed by atoms with E-state index in [0.29, 0.717) is 22.3 Å². The maximum absolute atomic E-state index is 12.4. The van der Waals surface area contributed by atoms with Gasteiger partial charge in [-0.15, -0.1) is 24.5 Å². The first-order valence-corrected chi connectivity index (χ1v) is 8.75. The summed E-state index contributed by atoms with van der Waals surface area (Å²) in [4.78, 5) is 16.5. The van der Waals surface area contributed by atoms with Gasteiger partial charge in [-0.05, 0) is 36.4 Å². The van der Waals surface area contributed by atoms with Crippen molar-refractivity contribution in [1.82, 2.24) is 4.98 Å². The van der Waals surface area contributed by atoms with Crippen LogP contribution in [-0.2, 0) is 0 Å². The Labute approximate surface area is 161 Å². The lowest BCUT2D eigenvalue weighted by Gasteiger charge is -2.09. The van der Waals surface area contributed by atoms with Crippen LogP contribution in [0.4, 0.5) is 29.7 Å². The largest absolute Gasteiger partial charge is 0.573 e. The van der Waals surface area contributed by atoms with E-state index < -0.39 is 12.3 Å². The Morgan fingerprint density at radius 1 is 1.11 bits per heavy atom. The first kappa shape index (κ1) is 19.5. The number of alkyl halides is 3. The minimum atomic E-state index is -4.74. The molecule has 0 saturated heterocycles. The molecule has 6 nitrogen and oxygen atoms in total. The number of para-hydroxylation sites is 2. The zero-order valence-electron chi connectivity index (χ0n) is 14.4. The number of nitrogens with one attached hydrogen (secondary N) is 2. The minimum absolute atomic E-state index is 0.190. The van der Waals surface area contributed by atoms with Gasteiger partial charge in [0, 0.05) is 11.1 Å². The van der Waals surface area contributed by atoms with Crippen LogP contribution in [0.25, 0.3) is 0 Å². The highest BCUT2D eigenvalue weighted by molar-refractivity contribution is 7.14. The molecule has 3 aromatic rings. The van der Waals surface area contributed by atoms with Gasteiger partial charge >= 0.3 is 6.36 Å². The summed E-state index contributed by atoms with van der Waals surface area (Å²) in [5.74, 6) is -0.220. The van der Waals surface area contributed by atoms with E-state index in [9.17, 15) is 18.0 Å². The highest BCUT2D eigenvalue weighted by Gasteiger charge is 2.30. The quantitative estimate of drug-likeness (QED) is 0.596. The first-order valence-electron chi connectivity index (χ1n) is 7.87. The number of methoxy groups -OCH3 is 1. The van der Waals surface area contributed by atoms with Crippen molar-refractivity contribution in [3.63, 3.8) is 0 Å². The summed E-state index contributed by atoms with van der Waals surface area (Å²) in [7, 11) is 1.50. The summed E-state index contributed by atoms with van der Waals surface area (Å²) in [5.41, 5.74) is 1.20. The standard InChI is InChI=1S/C18H14F3N3O3S/c1-26-15-5-3-2-4-13(15)23-16(25)14-10-28-17(24-14)22-11-6-8-12(9-7-11)27-18(19,20)21/h2-10H,1H3,(H,22,24)(H,23,25). The SMILES string of the molecule is COc1ccccc1NC(=O)c1csc(Nc2ccc(OC(F)(F)F)cc2)n1. The van der Waals surface area contributed by atoms with Crippen LogP contribution >= 0.6 is 11.3 Å². The lowest BCUT2D eigenvalue weighted by Crippen LogP contribution is -2.16. The number of nitrogens with zero attached hydrogens (tertiary/aromatic N) is 1. The smallest absolute Gasteiger partial charge is 0.495 e. The van der Waals surface area contributed by atoms with Gasteiger partial charge in [-0.2, -0.15) is 0 Å². The second kappa shape index (κ2) is 8.17. The maximum Gasteiger partial charge on any atom is 0.573 e. The molecule has 3 rings (SSSR count). The molecule has 0 atom stereocenters. The van der Waals surface area contributed by atoms with Crippen LogP contribution in [0.5, 0.6) is 11.5 Å². The molecule has 0 bridgehead atoms. The number of ether oxygens (including phenoxy) is 2. The number of anilines is 3. The molecular formula is C18H14F3N3O3S. The molecule has 0 fully saturated rings. The van der Waals surface area contributed by atoms with Gasteiger partial charge in [-0.3, -0.25) is 4.79 Å². The van der Waals surface area contributed by atoms with Crippen molar-refractivity contribution in [2.75, 3.05) is 17.7 Å². The summed E-state index contributed by atoms with van der Waals surface area (Å²) < 4.78 is 45.5. The third kappa shape index (κ3) is 5.13. The van der Waals surface area contributed by atoms with Crippen molar-refractivity contribution in [3.05, 3.63) is 59.6 Å². The van der Waals surface area contributed by atoms with Crippen LogP contribution in [-0.4, -0.2) is 24.4 Å². The van der Waals surface area contributed by atoms with Crippen molar-refractivity contribution >= 4 is 33.8 Å². The second-order valence-electron chi connectivity index (χ2n) is 5.39. The number of aromatic nitrogens is 1. The van der Waals surface area contributed by atoms with Gasteiger partial charge < -0.3 is 20.1 Å². The number of amides is 1. The maximum atomic E-state index is 12.4. The molecule has 0 aliphatic rings. The Hall–Kier alpha value is -3.27. The van der Waals surface area contributed by atoms with Crippen molar-refractivity contribution in [2.24, 2.45) is 0 Å². The van der Waals surface area contributed by atoms with Gasteiger partial charge in [0.15, 0.2) is 5.13 Å². The van der Waals surface area contributed by atoms with Crippen LogP contribution in [0.2, 0.25) is 0 Å². The number of halogens is 3. The highest BCUT2D eigenvalue weighted by atomic mass is 32.1. The number of thiazole rings is 1. The summed E-state index contributed by atoms with van der Waals surface area (Å²) in [6.45, 7) is 0. The molecule has 10 heteroatoms. The molecule has 1 aromatic heterocycles. The van der Waals surface area contributed by atoms with Crippen LogP contribution in [0, 0.1) is 0 Å². The number of hydrogen-bond donors (Lipinski definition) is 2. The molecule has 0 radical (unpaired) electrons. The Kier molecular flexibility index (Phi) is 5.69. The molecule has 2 aromatic carbocycles. The fourth-order valence-electron chi connectivity index (χ4n) is 2.23. The molecule has 0 unspecified atom stereocenters. The van der Waals surface area contributed by atoms with Gasteiger partial charge in [-0.25, -0.2) is 4.98 Å². The molecule has 146 valence electrons. The fraction of sp³-hybridized carbons (Fsp3) is 0.111. The average molecular weight is 409 g/mol. The average Bonchev–Trinajstić information content (AvgIpc) is 3.11. The lowest BCUT2D eigenvalue weighted by atomic mass is 10.3. The monoisotopic (exact) mass is 409 g/mol. The van der Waals surface area contributed by atoms with Crippen LogP contribution < -0.4 is 20.1 Å². The van der Waals surface area contributed by atoms with Crippen molar-refractivity contribution in [1.29, 1.82) is 0 Å². The van der Waals surface area contributed by atoms with Crippen LogP contribution in [0.1, 0.15) is 10.5 Å². The predicted molar refractivity (Wildman–Crippen MR) is 99.5 cm³/mol. The zero-order chi connectivity index (χ0) is 20.1. The summed E-state index contributed by atoms with van der Waals surface area (Å²) in [5, 5.41) is 7.61. The second-order valence-corrected chi connectivity index (χ2v) is 6.25. The van der Waals surface area contributed by atoms with E-state index in [4.69, 9.17) is 4.74 Å². The number of carbonyl (C=O) groups is 1. The third-order valence-electron chi connectivity index (χ3n) is 3.43. The number of hydrogen-bond acceptors (Lipinski definition) is 6. The molecule has 2 N–H and O–H groups in total. The van der Waals surface area contributed by atoms with Crippen LogP contribution in [0.15, 0.2) is 53.9 Å². The Morgan fingerprint density at radius 2 is 1.82 bits per heavy atom. The molecule has 0 aliphatic heterocycles. The summed E-state index contributed by atoms with van der Waals surface area (Å²) in [6.07, 6.45) is -4.74. The Balaban J connectivity index is 1.64. The molecule has 1 amide bonds. The normalized spacial score (nSPS) is 11.0. The van der Waals surface area contributed by atoms with Crippen molar-refractivity contribution < 1.29 is 27.4 Å². The highest BCUT2D eigenvalue weighted by Crippen LogP contribution is 2.27. The molecule has 1 heterocycles. The predicted octanol–water partition coefficient (Wildman–Crippen LogP) is 5.05. The molecule has 0 saturated carbocycles. The number of rotatable bonds is 6. The lowest BCUT2D eigenvalue weighted by molar-refractivity contribution is -0.274. The molecule has 0 spiro atoms. The van der Waals surface area contributed by atoms with Gasteiger partial charge in [0.05, 0.1) is 12.8 Å². The Morgan fingerprint density at radius 3 is 2.50 bits per heavy atom. The zero-order valence-corrected chi connectivity index (χ0v) is 15.2. The topological polar surface area (TPSA) is 72.5 Å². The minimum Gasteiger partial charge on any atom is -0.495 e. The Bertz CT molecular complexity index is 958. The van der Waals surface area contributed by atoms with E-state index in [1.54, 1.807) is 29.6 Å². The third-order valence-corrected chi connectivity index (χ3v) is 4.19. The van der Waals surface area contributed by atoms with E-state index in [2.05, 4.69) is 20.4 Å². The van der Waals surface area contributed by atoms with E-state index in [-0.39, 0.29) is 11.4 Å². The van der Waals surface area contributed by atoms with Gasteiger partial charge in [0.25, 0.3) is 5.91 Å². The van der Waals surface area contributed by atoms with E-state index in [1.165, 1.54) is 42.7 Å². The van der Waals surface area contributed by atoms with Crippen molar-refractivity contribution in [3.8, 4) is 11.5 Å². The molecular weight excluding hydrogens is 395 g/mol. The fourth-order valence-corrected chi connectivity index (χ4v) is 2.94. The first-order chi connectivity index (χ1) is 13.3. The van der Waals surface area contributed by atoms with Crippen LogP contribution in [0.3, 0.4) is 0 Å². The molecule has 0 aliphatic carbocycles. The molecule has 28 heavy (non-hydrogen) atoms.